The summed E-state index contributed by atoms with van der Waals surface area (Å²) < 4.78 is 5.28. The van der Waals surface area contributed by atoms with Crippen molar-refractivity contribution in [3.05, 3.63) is 17.5 Å². The van der Waals surface area contributed by atoms with Crippen LogP contribution in [0.3, 0.4) is 0 Å². The van der Waals surface area contributed by atoms with Crippen LogP contribution in [0.1, 0.15) is 43.1 Å². The molecule has 2 bridgehead atoms. The molecule has 2 fully saturated rings. The largest absolute Gasteiger partial charge is 0.390 e. The maximum absolute atomic E-state index is 8.90. The summed E-state index contributed by atoms with van der Waals surface area (Å²) in [5, 5.41) is 12.7. The Kier molecular flexibility index (Phi) is 1.87. The van der Waals surface area contributed by atoms with E-state index < -0.39 is 0 Å². The molecule has 0 spiro atoms. The summed E-state index contributed by atoms with van der Waals surface area (Å²) in [7, 11) is 0. The van der Waals surface area contributed by atoms with Crippen molar-refractivity contribution in [1.82, 2.24) is 5.16 Å². The molecule has 3 atom stereocenters. The van der Waals surface area contributed by atoms with Gasteiger partial charge in [-0.2, -0.15) is 0 Å². The Morgan fingerprint density at radius 2 is 2.36 bits per heavy atom. The van der Waals surface area contributed by atoms with Crippen LogP contribution >= 0.6 is 0 Å². The Labute approximate surface area is 83.1 Å². The SMILES string of the molecule is OCc1cc(C2CC3CCC2C3)on1. The molecule has 3 rings (SSSR count). The minimum Gasteiger partial charge on any atom is -0.390 e. The number of aromatic nitrogens is 1. The average Bonchev–Trinajstić information content (AvgIpc) is 2.93. The van der Waals surface area contributed by atoms with Crippen LogP contribution in [0, 0.1) is 11.8 Å². The number of aliphatic hydroxyl groups is 1. The first-order valence-corrected chi connectivity index (χ1v) is 5.43. The van der Waals surface area contributed by atoms with Crippen LogP contribution in [0.4, 0.5) is 0 Å². The number of hydrogen-bond acceptors (Lipinski definition) is 3. The lowest BCUT2D eigenvalue weighted by Gasteiger charge is -2.18. The first kappa shape index (κ1) is 8.48. The highest BCUT2D eigenvalue weighted by molar-refractivity contribution is 5.14. The lowest BCUT2D eigenvalue weighted by molar-refractivity contribution is 0.260. The summed E-state index contributed by atoms with van der Waals surface area (Å²) >= 11 is 0. The van der Waals surface area contributed by atoms with Crippen LogP contribution in [0.15, 0.2) is 10.6 Å². The fourth-order valence-corrected chi connectivity index (χ4v) is 3.17. The normalized spacial score (nSPS) is 35.4. The van der Waals surface area contributed by atoms with E-state index in [4.69, 9.17) is 9.63 Å². The monoisotopic (exact) mass is 193 g/mol. The van der Waals surface area contributed by atoms with Gasteiger partial charge in [0.15, 0.2) is 0 Å². The van der Waals surface area contributed by atoms with Gasteiger partial charge in [-0.15, -0.1) is 0 Å². The smallest absolute Gasteiger partial charge is 0.140 e. The van der Waals surface area contributed by atoms with Gasteiger partial charge in [0.05, 0.1) is 6.61 Å². The van der Waals surface area contributed by atoms with Gasteiger partial charge in [-0.3, -0.25) is 0 Å². The molecule has 3 heteroatoms. The molecule has 2 aliphatic rings. The molecule has 0 aromatic carbocycles. The van der Waals surface area contributed by atoms with Gasteiger partial charge in [0.1, 0.15) is 11.5 Å². The summed E-state index contributed by atoms with van der Waals surface area (Å²) in [4.78, 5) is 0. The van der Waals surface area contributed by atoms with E-state index in [0.717, 1.165) is 17.6 Å². The highest BCUT2D eigenvalue weighted by Gasteiger charge is 2.41. The van der Waals surface area contributed by atoms with Crippen molar-refractivity contribution in [2.45, 2.75) is 38.2 Å². The van der Waals surface area contributed by atoms with E-state index in [9.17, 15) is 0 Å². The lowest BCUT2D eigenvalue weighted by Crippen LogP contribution is -2.07. The Balaban J connectivity index is 1.82. The first-order chi connectivity index (χ1) is 6.86. The average molecular weight is 193 g/mol. The molecule has 2 aliphatic carbocycles. The minimum absolute atomic E-state index is 0.00961. The van der Waals surface area contributed by atoms with Gasteiger partial charge in [-0.25, -0.2) is 0 Å². The predicted octanol–water partition coefficient (Wildman–Crippen LogP) is 2.07. The third-order valence-electron chi connectivity index (χ3n) is 3.84. The van der Waals surface area contributed by atoms with Gasteiger partial charge in [-0.05, 0) is 31.1 Å². The summed E-state index contributed by atoms with van der Waals surface area (Å²) in [5.74, 6) is 3.33. The molecule has 0 radical (unpaired) electrons. The zero-order valence-electron chi connectivity index (χ0n) is 8.15. The van der Waals surface area contributed by atoms with Crippen molar-refractivity contribution >= 4 is 0 Å². The molecule has 1 aromatic heterocycles. The van der Waals surface area contributed by atoms with Crippen molar-refractivity contribution in [3.63, 3.8) is 0 Å². The van der Waals surface area contributed by atoms with Crippen LogP contribution in [0.2, 0.25) is 0 Å². The van der Waals surface area contributed by atoms with Crippen molar-refractivity contribution in [2.24, 2.45) is 11.8 Å². The molecule has 14 heavy (non-hydrogen) atoms. The maximum atomic E-state index is 8.90. The van der Waals surface area contributed by atoms with E-state index in [1.54, 1.807) is 0 Å². The van der Waals surface area contributed by atoms with Crippen LogP contribution in [0.25, 0.3) is 0 Å². The molecular formula is C11H15NO2. The van der Waals surface area contributed by atoms with Crippen LogP contribution in [-0.4, -0.2) is 10.3 Å². The highest BCUT2D eigenvalue weighted by atomic mass is 16.5. The molecule has 1 heterocycles. The van der Waals surface area contributed by atoms with Crippen LogP contribution in [-0.2, 0) is 6.61 Å². The molecule has 0 amide bonds. The molecule has 2 saturated carbocycles. The zero-order valence-corrected chi connectivity index (χ0v) is 8.15. The molecule has 3 nitrogen and oxygen atoms in total. The molecule has 0 saturated heterocycles. The van der Waals surface area contributed by atoms with Crippen molar-refractivity contribution in [3.8, 4) is 0 Å². The number of hydrogen-bond donors (Lipinski definition) is 1. The molecule has 0 aliphatic heterocycles. The van der Waals surface area contributed by atoms with E-state index in [-0.39, 0.29) is 6.61 Å². The van der Waals surface area contributed by atoms with E-state index in [1.165, 1.54) is 25.7 Å². The van der Waals surface area contributed by atoms with Gasteiger partial charge in [-0.1, -0.05) is 11.6 Å². The molecule has 1 aromatic rings. The third kappa shape index (κ3) is 1.19. The second-order valence-corrected chi connectivity index (χ2v) is 4.66. The van der Waals surface area contributed by atoms with Crippen molar-refractivity contribution < 1.29 is 9.63 Å². The zero-order chi connectivity index (χ0) is 9.54. The Bertz CT molecular complexity index is 334. The Hall–Kier alpha value is -0.830. The molecule has 76 valence electrons. The number of fused-ring (bicyclic) bond motifs is 2. The van der Waals surface area contributed by atoms with Crippen LogP contribution < -0.4 is 0 Å². The molecule has 1 N–H and O–H groups in total. The van der Waals surface area contributed by atoms with Gasteiger partial charge in [0.25, 0.3) is 0 Å². The van der Waals surface area contributed by atoms with E-state index >= 15 is 0 Å². The van der Waals surface area contributed by atoms with E-state index in [0.29, 0.717) is 11.6 Å². The highest BCUT2D eigenvalue weighted by Crippen LogP contribution is 2.52. The fraction of sp³-hybridized carbons (Fsp3) is 0.727. The molecule has 3 unspecified atom stereocenters. The van der Waals surface area contributed by atoms with E-state index in [2.05, 4.69) is 5.16 Å². The van der Waals surface area contributed by atoms with Crippen LogP contribution in [0.5, 0.6) is 0 Å². The lowest BCUT2D eigenvalue weighted by atomic mass is 9.87. The number of nitrogens with zero attached hydrogens (tertiary/aromatic N) is 1. The second kappa shape index (κ2) is 3.09. The van der Waals surface area contributed by atoms with Gasteiger partial charge in [0.2, 0.25) is 0 Å². The minimum atomic E-state index is -0.00961. The third-order valence-corrected chi connectivity index (χ3v) is 3.84. The predicted molar refractivity (Wildman–Crippen MR) is 50.6 cm³/mol. The molecular weight excluding hydrogens is 178 g/mol. The van der Waals surface area contributed by atoms with Gasteiger partial charge in [0, 0.05) is 12.0 Å². The van der Waals surface area contributed by atoms with E-state index in [1.807, 2.05) is 6.07 Å². The summed E-state index contributed by atoms with van der Waals surface area (Å²) in [6, 6.07) is 1.92. The van der Waals surface area contributed by atoms with Crippen molar-refractivity contribution in [2.75, 3.05) is 0 Å². The second-order valence-electron chi connectivity index (χ2n) is 4.66. The van der Waals surface area contributed by atoms with Gasteiger partial charge >= 0.3 is 0 Å². The number of aliphatic hydroxyl groups excluding tert-OH is 1. The van der Waals surface area contributed by atoms with Gasteiger partial charge < -0.3 is 9.63 Å². The van der Waals surface area contributed by atoms with Crippen molar-refractivity contribution in [1.29, 1.82) is 0 Å². The summed E-state index contributed by atoms with van der Waals surface area (Å²) in [5.41, 5.74) is 0.669. The Morgan fingerprint density at radius 3 is 2.93 bits per heavy atom. The fourth-order valence-electron chi connectivity index (χ4n) is 3.17. The standard InChI is InChI=1S/C11H15NO2/c13-6-9-5-11(14-12-9)10-4-7-1-2-8(10)3-7/h5,7-8,10,13H,1-4,6H2. The topological polar surface area (TPSA) is 46.3 Å². The summed E-state index contributed by atoms with van der Waals surface area (Å²) in [6.45, 7) is -0.00961. The Morgan fingerprint density at radius 1 is 1.43 bits per heavy atom. The quantitative estimate of drug-likeness (QED) is 0.782. The maximum Gasteiger partial charge on any atom is 0.140 e. The number of rotatable bonds is 2. The first-order valence-electron chi connectivity index (χ1n) is 5.43. The summed E-state index contributed by atoms with van der Waals surface area (Å²) in [6.07, 6.45) is 5.40.